The van der Waals surface area contributed by atoms with E-state index in [1.165, 1.54) is 0 Å². The van der Waals surface area contributed by atoms with Gasteiger partial charge in [0.1, 0.15) is 0 Å². The van der Waals surface area contributed by atoms with Crippen molar-refractivity contribution in [3.05, 3.63) is 41.9 Å². The van der Waals surface area contributed by atoms with Crippen molar-refractivity contribution >= 4 is 23.2 Å². The molecule has 1 aromatic carbocycles. The van der Waals surface area contributed by atoms with Gasteiger partial charge in [0, 0.05) is 25.4 Å². The topological polar surface area (TPSA) is 59.0 Å². The minimum Gasteiger partial charge on any atom is -0.324 e. The summed E-state index contributed by atoms with van der Waals surface area (Å²) in [6, 6.07) is 5.40. The summed E-state index contributed by atoms with van der Waals surface area (Å²) in [6.07, 6.45) is 5.50. The van der Waals surface area contributed by atoms with Crippen molar-refractivity contribution in [2.45, 2.75) is 6.42 Å². The number of imidazole rings is 1. The molecule has 1 heterocycles. The molecule has 0 aliphatic heterocycles. The van der Waals surface area contributed by atoms with E-state index in [1.807, 2.05) is 13.1 Å². The Morgan fingerprint density at radius 2 is 2.32 bits per heavy atom. The zero-order chi connectivity index (χ0) is 13.7. The Labute approximate surface area is 116 Å². The highest BCUT2D eigenvalue weighted by Crippen LogP contribution is 2.28. The molecule has 6 heteroatoms. The average Bonchev–Trinajstić information content (AvgIpc) is 2.90. The second kappa shape index (κ2) is 6.36. The van der Waals surface area contributed by atoms with E-state index >= 15 is 0 Å². The molecule has 0 spiro atoms. The van der Waals surface area contributed by atoms with Crippen LogP contribution in [0.15, 0.2) is 36.9 Å². The van der Waals surface area contributed by atoms with Crippen molar-refractivity contribution in [3.8, 4) is 5.69 Å². The first-order chi connectivity index (χ1) is 9.22. The predicted molar refractivity (Wildman–Crippen MR) is 75.7 cm³/mol. The van der Waals surface area contributed by atoms with Crippen molar-refractivity contribution in [2.24, 2.45) is 0 Å². The van der Waals surface area contributed by atoms with Gasteiger partial charge in [-0.2, -0.15) is 0 Å². The molecule has 2 rings (SSSR count). The Bertz CT molecular complexity index is 554. The van der Waals surface area contributed by atoms with E-state index in [0.717, 1.165) is 5.69 Å². The summed E-state index contributed by atoms with van der Waals surface area (Å²) < 4.78 is 1.77. The van der Waals surface area contributed by atoms with Crippen LogP contribution in [0.5, 0.6) is 0 Å². The monoisotopic (exact) mass is 278 g/mol. The van der Waals surface area contributed by atoms with Gasteiger partial charge < -0.3 is 15.2 Å². The minimum atomic E-state index is -0.0574. The number of carbonyl (C=O) groups is 1. The highest BCUT2D eigenvalue weighted by Gasteiger charge is 2.11. The van der Waals surface area contributed by atoms with Crippen molar-refractivity contribution < 1.29 is 4.79 Å². The summed E-state index contributed by atoms with van der Waals surface area (Å²) in [5.74, 6) is -0.0574. The van der Waals surface area contributed by atoms with E-state index in [9.17, 15) is 4.79 Å². The molecule has 0 saturated heterocycles. The second-order valence-corrected chi connectivity index (χ2v) is 4.41. The maximum absolute atomic E-state index is 11.8. The van der Waals surface area contributed by atoms with Gasteiger partial charge in [0.25, 0.3) is 0 Å². The van der Waals surface area contributed by atoms with E-state index in [4.69, 9.17) is 11.6 Å². The van der Waals surface area contributed by atoms with Gasteiger partial charge in [-0.25, -0.2) is 4.98 Å². The Morgan fingerprint density at radius 3 is 3.00 bits per heavy atom. The molecule has 100 valence electrons. The van der Waals surface area contributed by atoms with Crippen LogP contribution in [0.25, 0.3) is 5.69 Å². The van der Waals surface area contributed by atoms with Gasteiger partial charge in [-0.1, -0.05) is 17.7 Å². The molecule has 0 aliphatic rings. The van der Waals surface area contributed by atoms with Crippen molar-refractivity contribution in [1.29, 1.82) is 0 Å². The predicted octanol–water partition coefficient (Wildman–Crippen LogP) is 2.07. The zero-order valence-electron chi connectivity index (χ0n) is 10.6. The number of hydrogen-bond donors (Lipinski definition) is 2. The van der Waals surface area contributed by atoms with E-state index in [1.54, 1.807) is 35.4 Å². The van der Waals surface area contributed by atoms with Crippen molar-refractivity contribution in [1.82, 2.24) is 14.9 Å². The number of anilines is 1. The Balaban J connectivity index is 2.26. The van der Waals surface area contributed by atoms with Crippen LogP contribution in [0.2, 0.25) is 5.02 Å². The van der Waals surface area contributed by atoms with Crippen LogP contribution in [-0.4, -0.2) is 29.1 Å². The molecule has 1 aromatic heterocycles. The molecule has 0 aliphatic carbocycles. The third kappa shape index (κ3) is 3.33. The standard InChI is InChI=1S/C13H15ClN4O/c1-15-6-5-12(19)17-11-4-2-3-10(14)13(11)18-8-7-16-9-18/h2-4,7-9,15H,5-6H2,1H3,(H,17,19). The minimum absolute atomic E-state index is 0.0574. The molecule has 0 unspecified atom stereocenters. The maximum atomic E-state index is 11.8. The molecule has 0 bridgehead atoms. The van der Waals surface area contributed by atoms with Gasteiger partial charge in [0.05, 0.1) is 22.7 Å². The molecule has 2 aromatic rings. The summed E-state index contributed by atoms with van der Waals surface area (Å²) in [5, 5.41) is 6.36. The number of hydrogen-bond acceptors (Lipinski definition) is 3. The van der Waals surface area contributed by atoms with Gasteiger partial charge in [-0.15, -0.1) is 0 Å². The van der Waals surface area contributed by atoms with E-state index in [-0.39, 0.29) is 5.91 Å². The average molecular weight is 279 g/mol. The Hall–Kier alpha value is -1.85. The number of nitrogens with one attached hydrogen (secondary N) is 2. The van der Waals surface area contributed by atoms with Crippen LogP contribution in [0.4, 0.5) is 5.69 Å². The first-order valence-corrected chi connectivity index (χ1v) is 6.31. The summed E-state index contributed by atoms with van der Waals surface area (Å²) in [4.78, 5) is 15.8. The van der Waals surface area contributed by atoms with E-state index in [0.29, 0.717) is 23.7 Å². The fourth-order valence-electron chi connectivity index (χ4n) is 1.72. The molecule has 0 saturated carbocycles. The van der Waals surface area contributed by atoms with Crippen molar-refractivity contribution in [3.63, 3.8) is 0 Å². The molecule has 5 nitrogen and oxygen atoms in total. The first kappa shape index (κ1) is 13.6. The molecule has 19 heavy (non-hydrogen) atoms. The number of carbonyl (C=O) groups excluding carboxylic acids is 1. The van der Waals surface area contributed by atoms with Gasteiger partial charge in [-0.05, 0) is 19.2 Å². The number of rotatable bonds is 5. The molecule has 1 amide bonds. The van der Waals surface area contributed by atoms with E-state index < -0.39 is 0 Å². The Morgan fingerprint density at radius 1 is 1.47 bits per heavy atom. The van der Waals surface area contributed by atoms with Gasteiger partial charge in [-0.3, -0.25) is 4.79 Å². The van der Waals surface area contributed by atoms with Crippen LogP contribution >= 0.6 is 11.6 Å². The van der Waals surface area contributed by atoms with Gasteiger partial charge in [0.2, 0.25) is 5.91 Å². The number of para-hydroxylation sites is 1. The molecule has 0 fully saturated rings. The lowest BCUT2D eigenvalue weighted by molar-refractivity contribution is -0.116. The highest BCUT2D eigenvalue weighted by molar-refractivity contribution is 6.33. The maximum Gasteiger partial charge on any atom is 0.225 e. The largest absolute Gasteiger partial charge is 0.324 e. The quantitative estimate of drug-likeness (QED) is 0.880. The number of aromatic nitrogens is 2. The summed E-state index contributed by atoms with van der Waals surface area (Å²) in [7, 11) is 1.81. The van der Waals surface area contributed by atoms with Crippen LogP contribution in [0.1, 0.15) is 6.42 Å². The number of benzene rings is 1. The second-order valence-electron chi connectivity index (χ2n) is 4.01. The fourth-order valence-corrected chi connectivity index (χ4v) is 1.99. The van der Waals surface area contributed by atoms with Gasteiger partial charge >= 0.3 is 0 Å². The van der Waals surface area contributed by atoms with Gasteiger partial charge in [0.15, 0.2) is 0 Å². The van der Waals surface area contributed by atoms with Crippen LogP contribution in [-0.2, 0) is 4.79 Å². The third-order valence-electron chi connectivity index (χ3n) is 2.63. The van der Waals surface area contributed by atoms with Crippen LogP contribution in [0.3, 0.4) is 0 Å². The third-order valence-corrected chi connectivity index (χ3v) is 2.93. The van der Waals surface area contributed by atoms with Crippen LogP contribution < -0.4 is 10.6 Å². The van der Waals surface area contributed by atoms with Crippen LogP contribution in [0, 0.1) is 0 Å². The molecule has 2 N–H and O–H groups in total. The lowest BCUT2D eigenvalue weighted by atomic mass is 10.2. The lowest BCUT2D eigenvalue weighted by Crippen LogP contribution is -2.19. The zero-order valence-corrected chi connectivity index (χ0v) is 11.3. The number of amides is 1. The smallest absolute Gasteiger partial charge is 0.225 e. The molecular formula is C13H15ClN4O. The number of halogens is 1. The van der Waals surface area contributed by atoms with E-state index in [2.05, 4.69) is 15.6 Å². The summed E-state index contributed by atoms with van der Waals surface area (Å²) >= 11 is 6.20. The number of nitrogens with zero attached hydrogens (tertiary/aromatic N) is 2. The molecule has 0 radical (unpaired) electrons. The molecular weight excluding hydrogens is 264 g/mol. The Kier molecular flexibility index (Phi) is 4.54. The fraction of sp³-hybridized carbons (Fsp3) is 0.231. The lowest BCUT2D eigenvalue weighted by Gasteiger charge is -2.13. The van der Waals surface area contributed by atoms with Crippen molar-refractivity contribution in [2.75, 3.05) is 18.9 Å². The normalized spacial score (nSPS) is 10.4. The highest BCUT2D eigenvalue weighted by atomic mass is 35.5. The SMILES string of the molecule is CNCCC(=O)Nc1cccc(Cl)c1-n1ccnc1. The summed E-state index contributed by atoms with van der Waals surface area (Å²) in [5.41, 5.74) is 1.39. The first-order valence-electron chi connectivity index (χ1n) is 5.93. The molecule has 0 atom stereocenters. The summed E-state index contributed by atoms with van der Waals surface area (Å²) in [6.45, 7) is 0.632.